The van der Waals surface area contributed by atoms with Crippen molar-refractivity contribution >= 4 is 17.4 Å². The molecule has 0 saturated heterocycles. The number of benzene rings is 1. The molecule has 0 saturated carbocycles. The van der Waals surface area contributed by atoms with E-state index in [0.717, 1.165) is 0 Å². The molecule has 3 N–H and O–H groups in total. The van der Waals surface area contributed by atoms with Gasteiger partial charge in [0.25, 0.3) is 5.91 Å². The Labute approximate surface area is 104 Å². The van der Waals surface area contributed by atoms with Gasteiger partial charge in [-0.05, 0) is 36.8 Å². The van der Waals surface area contributed by atoms with E-state index >= 15 is 0 Å². The first kappa shape index (κ1) is 12.0. The minimum atomic E-state index is -0.572. The minimum absolute atomic E-state index is 0.0850. The number of nitrogens with two attached hydrogens (primary N) is 1. The van der Waals surface area contributed by atoms with Crippen LogP contribution in [0.15, 0.2) is 36.5 Å². The monoisotopic (exact) mass is 245 g/mol. The van der Waals surface area contributed by atoms with Gasteiger partial charge >= 0.3 is 0 Å². The summed E-state index contributed by atoms with van der Waals surface area (Å²) >= 11 is 0. The van der Waals surface area contributed by atoms with Crippen LogP contribution >= 0.6 is 0 Å². The largest absolute Gasteiger partial charge is 0.399 e. The third-order valence-electron chi connectivity index (χ3n) is 2.43. The summed E-state index contributed by atoms with van der Waals surface area (Å²) < 4.78 is 13.8. The lowest BCUT2D eigenvalue weighted by Crippen LogP contribution is -2.15. The van der Waals surface area contributed by atoms with Crippen LogP contribution in [0.2, 0.25) is 0 Å². The van der Waals surface area contributed by atoms with Gasteiger partial charge in [0.05, 0.1) is 5.56 Å². The molecule has 2 rings (SSSR count). The van der Waals surface area contributed by atoms with Crippen molar-refractivity contribution < 1.29 is 9.18 Å². The first-order valence-electron chi connectivity index (χ1n) is 5.36. The van der Waals surface area contributed by atoms with Crippen LogP contribution in [0.25, 0.3) is 0 Å². The Hall–Kier alpha value is -2.43. The van der Waals surface area contributed by atoms with Crippen molar-refractivity contribution in [2.24, 2.45) is 0 Å². The van der Waals surface area contributed by atoms with E-state index in [0.29, 0.717) is 17.1 Å². The van der Waals surface area contributed by atoms with E-state index in [1.54, 1.807) is 25.1 Å². The fourth-order valence-corrected chi connectivity index (χ4v) is 1.58. The fourth-order valence-electron chi connectivity index (χ4n) is 1.58. The molecule has 1 heterocycles. The number of pyridine rings is 1. The van der Waals surface area contributed by atoms with Gasteiger partial charge < -0.3 is 11.1 Å². The maximum absolute atomic E-state index is 13.8. The fraction of sp³-hybridized carbons (Fsp3) is 0.0769. The average Bonchev–Trinajstić information content (AvgIpc) is 2.35. The number of hydrogen-bond acceptors (Lipinski definition) is 3. The highest BCUT2D eigenvalue weighted by atomic mass is 19.1. The number of halogens is 1. The zero-order valence-electron chi connectivity index (χ0n) is 9.77. The topological polar surface area (TPSA) is 68.0 Å². The van der Waals surface area contributed by atoms with Gasteiger partial charge in [0.1, 0.15) is 11.6 Å². The molecule has 0 atom stereocenters. The second-order valence-corrected chi connectivity index (χ2v) is 3.87. The number of nitrogens with zero attached hydrogens (tertiary/aromatic N) is 1. The molecule has 18 heavy (non-hydrogen) atoms. The molecule has 0 unspecified atom stereocenters. The van der Waals surface area contributed by atoms with Crippen LogP contribution in [0.1, 0.15) is 15.9 Å². The van der Waals surface area contributed by atoms with E-state index in [2.05, 4.69) is 10.3 Å². The predicted molar refractivity (Wildman–Crippen MR) is 67.7 cm³/mol. The zero-order chi connectivity index (χ0) is 13.1. The van der Waals surface area contributed by atoms with Crippen LogP contribution in [0.3, 0.4) is 0 Å². The smallest absolute Gasteiger partial charge is 0.259 e. The summed E-state index contributed by atoms with van der Waals surface area (Å²) in [5.41, 5.74) is 6.19. The predicted octanol–water partition coefficient (Wildman–Crippen LogP) is 2.36. The maximum atomic E-state index is 13.8. The molecule has 4 nitrogen and oxygen atoms in total. The van der Waals surface area contributed by atoms with Crippen LogP contribution in [0, 0.1) is 12.7 Å². The molecule has 5 heteroatoms. The Kier molecular flexibility index (Phi) is 3.23. The summed E-state index contributed by atoms with van der Waals surface area (Å²) in [5.74, 6) is -0.777. The van der Waals surface area contributed by atoms with Crippen molar-refractivity contribution in [3.8, 4) is 0 Å². The highest BCUT2D eigenvalue weighted by Gasteiger charge is 2.15. The average molecular weight is 245 g/mol. The second kappa shape index (κ2) is 4.83. The van der Waals surface area contributed by atoms with Gasteiger partial charge in [0.15, 0.2) is 0 Å². The summed E-state index contributed by atoms with van der Waals surface area (Å²) in [4.78, 5) is 15.8. The normalized spacial score (nSPS) is 10.1. The molecule has 0 radical (unpaired) electrons. The maximum Gasteiger partial charge on any atom is 0.259 e. The lowest BCUT2D eigenvalue weighted by atomic mass is 10.1. The van der Waals surface area contributed by atoms with Gasteiger partial charge in [-0.2, -0.15) is 0 Å². The quantitative estimate of drug-likeness (QED) is 0.798. The number of amides is 1. The Morgan fingerprint density at radius 2 is 2.17 bits per heavy atom. The van der Waals surface area contributed by atoms with Gasteiger partial charge in [-0.3, -0.25) is 4.79 Å². The molecule has 0 aliphatic rings. The number of carbonyl (C=O) groups is 1. The molecule has 0 fully saturated rings. The molecule has 0 aliphatic carbocycles. The standard InChI is InChI=1S/C13H12FN3O/c1-8-6-9(15)7-10(12(8)14)13(18)17-11-4-2-3-5-16-11/h2-7H,15H2,1H3,(H,16,17,18). The Morgan fingerprint density at radius 3 is 2.83 bits per heavy atom. The molecule has 1 aromatic heterocycles. The van der Waals surface area contributed by atoms with E-state index < -0.39 is 11.7 Å². The number of rotatable bonds is 2. The Morgan fingerprint density at radius 1 is 1.39 bits per heavy atom. The SMILES string of the molecule is Cc1cc(N)cc(C(=O)Nc2ccccn2)c1F. The number of nitrogen functional groups attached to an aromatic ring is 1. The van der Waals surface area contributed by atoms with Crippen molar-refractivity contribution in [1.82, 2.24) is 4.98 Å². The third kappa shape index (κ3) is 2.45. The van der Waals surface area contributed by atoms with E-state index in [-0.39, 0.29) is 5.56 Å². The van der Waals surface area contributed by atoms with E-state index in [1.807, 2.05) is 0 Å². The lowest BCUT2D eigenvalue weighted by Gasteiger charge is -2.08. The van der Waals surface area contributed by atoms with Crippen LogP contribution in [-0.2, 0) is 0 Å². The van der Waals surface area contributed by atoms with Crippen LogP contribution < -0.4 is 11.1 Å². The first-order valence-corrected chi connectivity index (χ1v) is 5.36. The summed E-state index contributed by atoms with van der Waals surface area (Å²) in [7, 11) is 0. The van der Waals surface area contributed by atoms with Crippen molar-refractivity contribution in [2.75, 3.05) is 11.1 Å². The van der Waals surface area contributed by atoms with E-state index in [1.165, 1.54) is 18.3 Å². The second-order valence-electron chi connectivity index (χ2n) is 3.87. The van der Waals surface area contributed by atoms with Crippen molar-refractivity contribution in [1.29, 1.82) is 0 Å². The van der Waals surface area contributed by atoms with Gasteiger partial charge in [-0.1, -0.05) is 6.07 Å². The van der Waals surface area contributed by atoms with Crippen molar-refractivity contribution in [2.45, 2.75) is 6.92 Å². The van der Waals surface area contributed by atoms with Crippen LogP contribution in [-0.4, -0.2) is 10.9 Å². The number of aryl methyl sites for hydroxylation is 1. The molecule has 0 aliphatic heterocycles. The molecule has 92 valence electrons. The highest BCUT2D eigenvalue weighted by Crippen LogP contribution is 2.18. The van der Waals surface area contributed by atoms with E-state index in [9.17, 15) is 9.18 Å². The summed E-state index contributed by atoms with van der Waals surface area (Å²) in [6.45, 7) is 1.56. The number of carbonyl (C=O) groups excluding carboxylic acids is 1. The summed E-state index contributed by atoms with van der Waals surface area (Å²) in [5, 5.41) is 2.51. The molecule has 0 spiro atoms. The molecule has 0 bridgehead atoms. The zero-order valence-corrected chi connectivity index (χ0v) is 9.77. The van der Waals surface area contributed by atoms with Gasteiger partial charge in [0.2, 0.25) is 0 Å². The summed E-state index contributed by atoms with van der Waals surface area (Å²) in [6.07, 6.45) is 1.54. The van der Waals surface area contributed by atoms with Crippen molar-refractivity contribution in [3.05, 3.63) is 53.5 Å². The van der Waals surface area contributed by atoms with E-state index in [4.69, 9.17) is 5.73 Å². The van der Waals surface area contributed by atoms with Crippen molar-refractivity contribution in [3.63, 3.8) is 0 Å². The summed E-state index contributed by atoms with van der Waals surface area (Å²) in [6, 6.07) is 7.85. The molecule has 1 aromatic carbocycles. The lowest BCUT2D eigenvalue weighted by molar-refractivity contribution is 0.102. The number of aromatic nitrogens is 1. The van der Waals surface area contributed by atoms with Crippen LogP contribution in [0.4, 0.5) is 15.9 Å². The number of hydrogen-bond donors (Lipinski definition) is 2. The number of anilines is 2. The van der Waals surface area contributed by atoms with Gasteiger partial charge in [0, 0.05) is 11.9 Å². The Bertz CT molecular complexity index is 584. The molecular formula is C13H12FN3O. The van der Waals surface area contributed by atoms with Gasteiger partial charge in [-0.15, -0.1) is 0 Å². The third-order valence-corrected chi connectivity index (χ3v) is 2.43. The Balaban J connectivity index is 2.30. The van der Waals surface area contributed by atoms with Gasteiger partial charge in [-0.25, -0.2) is 9.37 Å². The highest BCUT2D eigenvalue weighted by molar-refractivity contribution is 6.04. The first-order chi connectivity index (χ1) is 8.58. The van der Waals surface area contributed by atoms with Crippen LogP contribution in [0.5, 0.6) is 0 Å². The minimum Gasteiger partial charge on any atom is -0.399 e. The molecule has 2 aromatic rings. The molecule has 1 amide bonds. The number of nitrogens with one attached hydrogen (secondary N) is 1. The molecular weight excluding hydrogens is 233 g/mol.